The Balaban J connectivity index is 1.75. The van der Waals surface area contributed by atoms with Crippen molar-refractivity contribution in [1.82, 2.24) is 15.5 Å². The summed E-state index contributed by atoms with van der Waals surface area (Å²) < 4.78 is 5.51. The maximum absolute atomic E-state index is 13.8. The van der Waals surface area contributed by atoms with Crippen molar-refractivity contribution in [1.29, 1.82) is 0 Å². The van der Waals surface area contributed by atoms with Gasteiger partial charge in [-0.15, -0.1) is 0 Å². The third kappa shape index (κ3) is 4.00. The Morgan fingerprint density at radius 1 is 1.21 bits per heavy atom. The monoisotopic (exact) mass is 472 g/mol. The summed E-state index contributed by atoms with van der Waals surface area (Å²) >= 11 is 0. The summed E-state index contributed by atoms with van der Waals surface area (Å²) in [5.41, 5.74) is 4.12. The van der Waals surface area contributed by atoms with Crippen LogP contribution in [-0.2, 0) is 14.4 Å². The molecule has 3 aliphatic rings. The summed E-state index contributed by atoms with van der Waals surface area (Å²) in [6.45, 7) is 0.164. The van der Waals surface area contributed by atoms with E-state index in [4.69, 9.17) is 10.5 Å². The fraction of sp³-hybridized carbons (Fsp3) is 0.583. The molecule has 1 aromatic rings. The number of carbonyl (C=O) groups excluding carboxylic acids is 3. The molecule has 4 atom stereocenters. The van der Waals surface area contributed by atoms with E-state index in [0.717, 1.165) is 32.1 Å². The van der Waals surface area contributed by atoms with Gasteiger partial charge in [-0.3, -0.25) is 24.6 Å². The first-order chi connectivity index (χ1) is 16.3. The van der Waals surface area contributed by atoms with Gasteiger partial charge in [-0.05, 0) is 31.7 Å². The number of rotatable bonds is 8. The normalized spacial score (nSPS) is 29.2. The SMILES string of the molecule is COc1ccccc1C1NC(CCCNC(N)=O)(C(=O)O)C2C(=O)N(C3CCCCC3)C(=O)C12. The van der Waals surface area contributed by atoms with E-state index < -0.39 is 41.3 Å². The third-order valence-corrected chi connectivity index (χ3v) is 7.53. The van der Waals surface area contributed by atoms with Crippen LogP contribution in [0, 0.1) is 11.8 Å². The summed E-state index contributed by atoms with van der Waals surface area (Å²) in [6.07, 6.45) is 4.75. The van der Waals surface area contributed by atoms with Crippen LogP contribution in [0.5, 0.6) is 5.75 Å². The van der Waals surface area contributed by atoms with Crippen molar-refractivity contribution in [2.75, 3.05) is 13.7 Å². The fourth-order valence-corrected chi connectivity index (χ4v) is 6.03. The van der Waals surface area contributed by atoms with Crippen LogP contribution >= 0.6 is 0 Å². The predicted octanol–water partition coefficient (Wildman–Crippen LogP) is 1.55. The highest BCUT2D eigenvalue weighted by atomic mass is 16.5. The Bertz CT molecular complexity index is 978. The van der Waals surface area contributed by atoms with E-state index in [2.05, 4.69) is 10.6 Å². The standard InChI is InChI=1S/C24H32N4O6/c1-34-16-11-6-5-10-15(16)19-17-18(21(30)28(20(17)29)14-8-3-2-4-9-14)24(27-19,22(31)32)12-7-13-26-23(25)33/h5-6,10-11,14,17-19,27H,2-4,7-9,12-13H2,1H3,(H,31,32)(H3,25,26,33). The number of fused-ring (bicyclic) bond motifs is 1. The van der Waals surface area contributed by atoms with E-state index >= 15 is 0 Å². The fourth-order valence-electron chi connectivity index (χ4n) is 6.03. The van der Waals surface area contributed by atoms with E-state index in [9.17, 15) is 24.3 Å². The maximum Gasteiger partial charge on any atom is 0.324 e. The second-order valence-corrected chi connectivity index (χ2v) is 9.38. The van der Waals surface area contributed by atoms with Crippen LogP contribution in [0.25, 0.3) is 0 Å². The van der Waals surface area contributed by atoms with Crippen LogP contribution in [0.2, 0.25) is 0 Å². The van der Waals surface area contributed by atoms with Gasteiger partial charge in [0.2, 0.25) is 11.8 Å². The molecule has 10 nitrogen and oxygen atoms in total. The van der Waals surface area contributed by atoms with Crippen molar-refractivity contribution in [3.8, 4) is 5.75 Å². The van der Waals surface area contributed by atoms with Crippen molar-refractivity contribution in [3.63, 3.8) is 0 Å². The molecule has 4 amide bonds. The number of carbonyl (C=O) groups is 4. The molecule has 4 rings (SSSR count). The molecule has 5 N–H and O–H groups in total. The van der Waals surface area contributed by atoms with Gasteiger partial charge < -0.3 is 20.9 Å². The Labute approximate surface area is 198 Å². The number of nitrogens with zero attached hydrogens (tertiary/aromatic N) is 1. The highest BCUT2D eigenvalue weighted by Crippen LogP contribution is 2.52. The molecule has 2 aliphatic heterocycles. The molecule has 34 heavy (non-hydrogen) atoms. The third-order valence-electron chi connectivity index (χ3n) is 7.53. The zero-order valence-electron chi connectivity index (χ0n) is 19.3. The number of primary amides is 1. The number of aliphatic carboxylic acids is 1. The average Bonchev–Trinajstić information content (AvgIpc) is 3.31. The van der Waals surface area contributed by atoms with Gasteiger partial charge in [0.05, 0.1) is 18.9 Å². The van der Waals surface area contributed by atoms with Crippen molar-refractivity contribution < 1.29 is 29.0 Å². The van der Waals surface area contributed by atoms with Crippen molar-refractivity contribution >= 4 is 23.8 Å². The Kier molecular flexibility index (Phi) is 6.79. The van der Waals surface area contributed by atoms with Gasteiger partial charge in [0.15, 0.2) is 0 Å². The number of hydrogen-bond donors (Lipinski definition) is 4. The van der Waals surface area contributed by atoms with E-state index in [-0.39, 0.29) is 31.3 Å². The zero-order chi connectivity index (χ0) is 24.5. The summed E-state index contributed by atoms with van der Waals surface area (Å²) in [5.74, 6) is -3.31. The smallest absolute Gasteiger partial charge is 0.324 e. The average molecular weight is 473 g/mol. The number of hydrogen-bond acceptors (Lipinski definition) is 6. The molecule has 1 saturated carbocycles. The van der Waals surface area contributed by atoms with Gasteiger partial charge in [0.1, 0.15) is 11.3 Å². The number of urea groups is 1. The lowest BCUT2D eigenvalue weighted by atomic mass is 9.77. The first-order valence-electron chi connectivity index (χ1n) is 11.9. The highest BCUT2D eigenvalue weighted by molar-refractivity contribution is 6.09. The molecular formula is C24H32N4O6. The van der Waals surface area contributed by atoms with E-state index in [1.54, 1.807) is 24.3 Å². The Hall–Kier alpha value is -3.14. The predicted molar refractivity (Wildman–Crippen MR) is 122 cm³/mol. The number of carboxylic acids is 1. The molecule has 1 aliphatic carbocycles. The van der Waals surface area contributed by atoms with Gasteiger partial charge in [0, 0.05) is 24.2 Å². The number of para-hydroxylation sites is 1. The zero-order valence-corrected chi connectivity index (χ0v) is 19.3. The number of nitrogens with two attached hydrogens (primary N) is 1. The lowest BCUT2D eigenvalue weighted by molar-refractivity contribution is -0.153. The van der Waals surface area contributed by atoms with Crippen molar-refractivity contribution in [3.05, 3.63) is 29.8 Å². The molecule has 0 radical (unpaired) electrons. The summed E-state index contributed by atoms with van der Waals surface area (Å²) in [7, 11) is 1.52. The van der Waals surface area contributed by atoms with Crippen LogP contribution in [-0.4, -0.2) is 59.1 Å². The minimum absolute atomic E-state index is 0.0486. The number of likely N-dealkylation sites (tertiary alicyclic amines) is 1. The maximum atomic E-state index is 13.8. The number of ether oxygens (including phenoxy) is 1. The molecule has 3 fully saturated rings. The van der Waals surface area contributed by atoms with Gasteiger partial charge in [-0.25, -0.2) is 4.79 Å². The van der Waals surface area contributed by atoms with Crippen LogP contribution in [0.3, 0.4) is 0 Å². The lowest BCUT2D eigenvalue weighted by Gasteiger charge is -2.34. The minimum atomic E-state index is -1.66. The van der Waals surface area contributed by atoms with Crippen LogP contribution in [0.1, 0.15) is 56.6 Å². The number of methoxy groups -OCH3 is 1. The number of carboxylic acid groups (broad SMARTS) is 1. The van der Waals surface area contributed by atoms with E-state index in [1.807, 2.05) is 0 Å². The molecule has 0 bridgehead atoms. The molecule has 2 heterocycles. The molecule has 0 spiro atoms. The number of amides is 4. The first-order valence-corrected chi connectivity index (χ1v) is 11.9. The second-order valence-electron chi connectivity index (χ2n) is 9.38. The molecule has 10 heteroatoms. The lowest BCUT2D eigenvalue weighted by Crippen LogP contribution is -2.56. The summed E-state index contributed by atoms with van der Waals surface area (Å²) in [6, 6.07) is 5.54. The Morgan fingerprint density at radius 3 is 2.56 bits per heavy atom. The first kappa shape index (κ1) is 24.0. The topological polar surface area (TPSA) is 151 Å². The number of benzene rings is 1. The minimum Gasteiger partial charge on any atom is -0.496 e. The number of imide groups is 1. The van der Waals surface area contributed by atoms with Gasteiger partial charge in [-0.2, -0.15) is 0 Å². The Morgan fingerprint density at radius 2 is 1.91 bits per heavy atom. The highest BCUT2D eigenvalue weighted by Gasteiger charge is 2.69. The van der Waals surface area contributed by atoms with E-state index in [0.29, 0.717) is 11.3 Å². The number of nitrogens with one attached hydrogen (secondary N) is 2. The van der Waals surface area contributed by atoms with Gasteiger partial charge >= 0.3 is 12.0 Å². The largest absolute Gasteiger partial charge is 0.496 e. The van der Waals surface area contributed by atoms with Crippen molar-refractivity contribution in [2.45, 2.75) is 62.6 Å². The molecule has 2 saturated heterocycles. The van der Waals surface area contributed by atoms with E-state index in [1.165, 1.54) is 12.0 Å². The van der Waals surface area contributed by atoms with Crippen LogP contribution in [0.4, 0.5) is 4.79 Å². The molecule has 0 aromatic heterocycles. The van der Waals surface area contributed by atoms with Crippen LogP contribution in [0.15, 0.2) is 24.3 Å². The van der Waals surface area contributed by atoms with Crippen LogP contribution < -0.4 is 21.1 Å². The molecule has 184 valence electrons. The van der Waals surface area contributed by atoms with Gasteiger partial charge in [0.25, 0.3) is 0 Å². The summed E-state index contributed by atoms with van der Waals surface area (Å²) in [5, 5.41) is 16.1. The summed E-state index contributed by atoms with van der Waals surface area (Å²) in [4.78, 5) is 52.7. The molecule has 1 aromatic carbocycles. The molecular weight excluding hydrogens is 440 g/mol. The van der Waals surface area contributed by atoms with Gasteiger partial charge in [-0.1, -0.05) is 37.5 Å². The van der Waals surface area contributed by atoms with Crippen molar-refractivity contribution in [2.24, 2.45) is 17.6 Å². The quantitative estimate of drug-likeness (QED) is 0.331. The second kappa shape index (κ2) is 9.61. The molecule has 4 unspecified atom stereocenters.